The lowest BCUT2D eigenvalue weighted by Gasteiger charge is -2.28. The van der Waals surface area contributed by atoms with Crippen molar-refractivity contribution in [3.63, 3.8) is 0 Å². The third kappa shape index (κ3) is 3.96. The van der Waals surface area contributed by atoms with Crippen molar-refractivity contribution in [2.24, 2.45) is 0 Å². The summed E-state index contributed by atoms with van der Waals surface area (Å²) in [5.74, 6) is 0.720. The second-order valence-electron chi connectivity index (χ2n) is 8.28. The first-order chi connectivity index (χ1) is 16.2. The predicted octanol–water partition coefficient (Wildman–Crippen LogP) is 5.90. The number of aromatic amines is 1. The molecule has 0 fully saturated rings. The van der Waals surface area contributed by atoms with Crippen molar-refractivity contribution in [3.05, 3.63) is 85.8 Å². The molecule has 0 saturated heterocycles. The van der Waals surface area contributed by atoms with Crippen molar-refractivity contribution < 1.29 is 13.9 Å². The Morgan fingerprint density at radius 2 is 2.03 bits per heavy atom. The summed E-state index contributed by atoms with van der Waals surface area (Å²) in [6.07, 6.45) is 3.71. The molecule has 0 spiro atoms. The number of nitrogens with zero attached hydrogens (tertiary/aromatic N) is 1. The number of aromatic nitrogens is 2. The largest absolute Gasteiger partial charge is 0.460 e. The maximum atomic E-state index is 14.3. The van der Waals surface area contributed by atoms with Gasteiger partial charge in [-0.2, -0.15) is 0 Å². The Morgan fingerprint density at radius 1 is 1.18 bits per heavy atom. The molecule has 0 amide bonds. The van der Waals surface area contributed by atoms with Crippen LogP contribution in [0.15, 0.2) is 52.4 Å². The topological polar surface area (TPSA) is 64.2 Å². The van der Waals surface area contributed by atoms with E-state index in [-0.39, 0.29) is 18.0 Å². The fourth-order valence-corrected chi connectivity index (χ4v) is 6.66. The van der Waals surface area contributed by atoms with E-state index in [1.165, 1.54) is 34.3 Å². The van der Waals surface area contributed by atoms with Crippen LogP contribution in [0, 0.1) is 5.82 Å². The average Bonchev–Trinajstić information content (AvgIpc) is 3.22. The second-order valence-corrected chi connectivity index (χ2v) is 10.3. The summed E-state index contributed by atoms with van der Waals surface area (Å²) >= 11 is 3.01. The van der Waals surface area contributed by atoms with E-state index in [1.54, 1.807) is 11.3 Å². The summed E-state index contributed by atoms with van der Waals surface area (Å²) < 4.78 is 26.3. The lowest BCUT2D eigenvalue weighted by atomic mass is 9.97. The zero-order valence-electron chi connectivity index (χ0n) is 17.7. The van der Waals surface area contributed by atoms with Crippen molar-refractivity contribution in [2.45, 2.75) is 49.5 Å². The number of thioether (sulfide) groups is 1. The minimum Gasteiger partial charge on any atom is -0.460 e. The Labute approximate surface area is 198 Å². The molecule has 1 atom stereocenters. The van der Waals surface area contributed by atoms with E-state index in [4.69, 9.17) is 14.5 Å². The number of nitrogens with one attached hydrogen (secondary N) is 1. The molecule has 1 N–H and O–H groups in total. The van der Waals surface area contributed by atoms with Gasteiger partial charge in [-0.3, -0.25) is 4.79 Å². The molecule has 8 heteroatoms. The van der Waals surface area contributed by atoms with Gasteiger partial charge in [0.15, 0.2) is 5.16 Å². The first kappa shape index (κ1) is 20.9. The van der Waals surface area contributed by atoms with Crippen molar-refractivity contribution in [1.29, 1.82) is 0 Å². The highest BCUT2D eigenvalue weighted by atomic mass is 32.2. The molecular weight excluding hydrogens is 459 g/mol. The van der Waals surface area contributed by atoms with Crippen LogP contribution in [-0.4, -0.2) is 9.97 Å². The van der Waals surface area contributed by atoms with Crippen molar-refractivity contribution in [1.82, 2.24) is 9.97 Å². The molecule has 3 heterocycles. The molecule has 168 valence electrons. The molecule has 2 aromatic carbocycles. The minimum absolute atomic E-state index is 0.0861. The van der Waals surface area contributed by atoms with E-state index < -0.39 is 6.29 Å². The fraction of sp³-hybridized carbons (Fsp3) is 0.280. The molecule has 0 unspecified atom stereocenters. The number of fused-ring (bicyclic) bond motifs is 4. The van der Waals surface area contributed by atoms with Gasteiger partial charge in [0, 0.05) is 27.3 Å². The Balaban J connectivity index is 1.29. The monoisotopic (exact) mass is 480 g/mol. The van der Waals surface area contributed by atoms with Crippen LogP contribution >= 0.6 is 23.1 Å². The number of hydrogen-bond acceptors (Lipinski definition) is 6. The second kappa shape index (κ2) is 8.59. The maximum Gasteiger partial charge on any atom is 0.260 e. The zero-order valence-corrected chi connectivity index (χ0v) is 19.4. The highest BCUT2D eigenvalue weighted by Gasteiger charge is 2.26. The summed E-state index contributed by atoms with van der Waals surface area (Å²) in [7, 11) is 0. The molecule has 0 radical (unpaired) electrons. The van der Waals surface area contributed by atoms with Crippen molar-refractivity contribution >= 4 is 33.3 Å². The van der Waals surface area contributed by atoms with Gasteiger partial charge in [-0.15, -0.1) is 11.3 Å². The lowest BCUT2D eigenvalue weighted by molar-refractivity contribution is -0.112. The SMILES string of the molecule is O=c1[nH]c(SCc2cc(F)cc3c2O[C@H](c2ccccc2)OC3)nc2sc3c(c12)CCCC3. The Morgan fingerprint density at radius 3 is 2.91 bits per heavy atom. The van der Waals surface area contributed by atoms with Crippen LogP contribution < -0.4 is 10.3 Å². The molecule has 0 saturated carbocycles. The first-order valence-corrected chi connectivity index (χ1v) is 12.8. The van der Waals surface area contributed by atoms with Crippen molar-refractivity contribution in [3.8, 4) is 5.75 Å². The molecule has 1 aliphatic heterocycles. The summed E-state index contributed by atoms with van der Waals surface area (Å²) in [6.45, 7) is 0.270. The van der Waals surface area contributed by atoms with E-state index in [1.807, 2.05) is 30.3 Å². The molecule has 1 aliphatic carbocycles. The van der Waals surface area contributed by atoms with Gasteiger partial charge in [0.2, 0.25) is 6.29 Å². The number of thiophene rings is 1. The molecule has 2 aliphatic rings. The minimum atomic E-state index is -0.542. The smallest absolute Gasteiger partial charge is 0.260 e. The molecular formula is C25H21FN2O3S2. The van der Waals surface area contributed by atoms with Gasteiger partial charge in [0.25, 0.3) is 5.56 Å². The van der Waals surface area contributed by atoms with Crippen LogP contribution in [0.1, 0.15) is 46.3 Å². The standard InChI is InChI=1S/C25H21FN2O3S2/c26-17-10-15-12-30-24(14-6-2-1-3-7-14)31-21(15)16(11-17)13-32-25-27-22(29)20-18-8-4-5-9-19(18)33-23(20)28-25/h1-3,6-7,10-11,24H,4-5,8-9,12-13H2,(H,27,28,29)/t24-/m1/s1. The van der Waals surface area contributed by atoms with E-state index in [0.29, 0.717) is 27.8 Å². The number of ether oxygens (including phenoxy) is 2. The fourth-order valence-electron chi connectivity index (χ4n) is 4.52. The molecule has 0 bridgehead atoms. The average molecular weight is 481 g/mol. The number of halogens is 1. The van der Waals surface area contributed by atoms with Gasteiger partial charge in [-0.1, -0.05) is 42.1 Å². The van der Waals surface area contributed by atoms with Gasteiger partial charge < -0.3 is 14.5 Å². The molecule has 2 aromatic heterocycles. The van der Waals surface area contributed by atoms with Crippen LogP contribution in [-0.2, 0) is 29.9 Å². The zero-order chi connectivity index (χ0) is 22.4. The number of H-pyrrole nitrogens is 1. The lowest BCUT2D eigenvalue weighted by Crippen LogP contribution is -2.19. The quantitative estimate of drug-likeness (QED) is 0.291. The van der Waals surface area contributed by atoms with Crippen molar-refractivity contribution in [2.75, 3.05) is 0 Å². The van der Waals surface area contributed by atoms with E-state index >= 15 is 0 Å². The number of rotatable bonds is 4. The number of benzene rings is 2. The Bertz CT molecular complexity index is 1400. The molecule has 4 aromatic rings. The summed E-state index contributed by atoms with van der Waals surface area (Å²) in [4.78, 5) is 22.6. The summed E-state index contributed by atoms with van der Waals surface area (Å²) in [6, 6.07) is 12.6. The van der Waals surface area contributed by atoms with E-state index in [9.17, 15) is 9.18 Å². The van der Waals surface area contributed by atoms with Crippen LogP contribution in [0.25, 0.3) is 10.2 Å². The van der Waals surface area contributed by atoms with E-state index in [2.05, 4.69) is 4.98 Å². The third-order valence-electron chi connectivity index (χ3n) is 6.06. The van der Waals surface area contributed by atoms with Gasteiger partial charge in [0.1, 0.15) is 16.4 Å². The molecule has 33 heavy (non-hydrogen) atoms. The molecule has 6 rings (SSSR count). The van der Waals surface area contributed by atoms with Crippen LogP contribution in [0.3, 0.4) is 0 Å². The van der Waals surface area contributed by atoms with Gasteiger partial charge in [0.05, 0.1) is 12.0 Å². The molecule has 5 nitrogen and oxygen atoms in total. The first-order valence-electron chi connectivity index (χ1n) is 11.0. The van der Waals surface area contributed by atoms with E-state index in [0.717, 1.165) is 41.5 Å². The maximum absolute atomic E-state index is 14.3. The third-order valence-corrected chi connectivity index (χ3v) is 8.17. The highest BCUT2D eigenvalue weighted by molar-refractivity contribution is 7.98. The number of aryl methyl sites for hydroxylation is 2. The Hall–Kier alpha value is -2.68. The predicted molar refractivity (Wildman–Crippen MR) is 127 cm³/mol. The summed E-state index contributed by atoms with van der Waals surface area (Å²) in [5.41, 5.74) is 3.39. The van der Waals surface area contributed by atoms with Crippen LogP contribution in [0.4, 0.5) is 4.39 Å². The Kier molecular flexibility index (Phi) is 5.44. The highest BCUT2D eigenvalue weighted by Crippen LogP contribution is 2.39. The number of hydrogen-bond donors (Lipinski definition) is 1. The summed E-state index contributed by atoms with van der Waals surface area (Å²) in [5, 5.41) is 1.28. The van der Waals surface area contributed by atoms with Gasteiger partial charge in [-0.25, -0.2) is 9.37 Å². The van der Waals surface area contributed by atoms with Gasteiger partial charge >= 0.3 is 0 Å². The van der Waals surface area contributed by atoms with Crippen LogP contribution in [0.2, 0.25) is 0 Å². The van der Waals surface area contributed by atoms with Gasteiger partial charge in [-0.05, 0) is 43.4 Å². The van der Waals surface area contributed by atoms with Crippen LogP contribution in [0.5, 0.6) is 5.75 Å². The normalized spacial score (nSPS) is 17.4.